The summed E-state index contributed by atoms with van der Waals surface area (Å²) in [5.41, 5.74) is 24.3. The molecule has 0 unspecified atom stereocenters. The Morgan fingerprint density at radius 1 is 0.393 bits per heavy atom. The minimum atomic E-state index is -0.233. The predicted molar refractivity (Wildman–Crippen MR) is 258 cm³/mol. The standard InChI is InChI=1S/C58H43BN2/c1-57(2)45-26-14-13-25-43(45)53-48(57)35-52-55-54(53)44-32-41(37-19-9-6-10-20-37)29-30-50(44)61(42-24-15-23-38(31-42)36-17-7-5-8-18-36)59(55)49-28-16-27-46-56(49)60(52)51-34-40-22-12-11-21-39(40)33-47(51)58(46,3)4/h5-35H,1-4H3. The van der Waals surface area contributed by atoms with Crippen LogP contribution in [0, 0.1) is 0 Å². The summed E-state index contributed by atoms with van der Waals surface area (Å²) >= 11 is 0. The van der Waals surface area contributed by atoms with Gasteiger partial charge < -0.3 is 9.71 Å². The van der Waals surface area contributed by atoms with Gasteiger partial charge in [-0.2, -0.15) is 0 Å². The van der Waals surface area contributed by atoms with Crippen molar-refractivity contribution in [3.8, 4) is 44.5 Å². The van der Waals surface area contributed by atoms with Crippen LogP contribution in [0.5, 0.6) is 0 Å². The molecule has 9 aromatic rings. The van der Waals surface area contributed by atoms with Gasteiger partial charge in [0.15, 0.2) is 0 Å². The predicted octanol–water partition coefficient (Wildman–Crippen LogP) is 13.8. The van der Waals surface area contributed by atoms with E-state index in [0.29, 0.717) is 0 Å². The minimum Gasteiger partial charge on any atom is -0.376 e. The van der Waals surface area contributed by atoms with Crippen molar-refractivity contribution in [2.24, 2.45) is 0 Å². The van der Waals surface area contributed by atoms with E-state index in [1.807, 2.05) is 0 Å². The molecule has 61 heavy (non-hydrogen) atoms. The fraction of sp³-hybridized carbons (Fsp3) is 0.103. The van der Waals surface area contributed by atoms with Crippen LogP contribution >= 0.6 is 0 Å². The quantitative estimate of drug-likeness (QED) is 0.165. The number of hydrogen-bond acceptors (Lipinski definition) is 2. The molecule has 3 aliphatic heterocycles. The van der Waals surface area contributed by atoms with Gasteiger partial charge in [0.05, 0.1) is 5.69 Å². The first-order chi connectivity index (χ1) is 29.8. The summed E-state index contributed by atoms with van der Waals surface area (Å²) in [7, 11) is 0. The monoisotopic (exact) mass is 778 g/mol. The molecule has 0 amide bonds. The average Bonchev–Trinajstić information content (AvgIpc) is 3.53. The number of fused-ring (bicyclic) bond motifs is 11. The number of nitrogens with zero attached hydrogens (tertiary/aromatic N) is 2. The third-order valence-electron chi connectivity index (χ3n) is 14.6. The number of anilines is 5. The Morgan fingerprint density at radius 3 is 1.79 bits per heavy atom. The Labute approximate surface area is 358 Å². The lowest BCUT2D eigenvalue weighted by Crippen LogP contribution is -2.62. The van der Waals surface area contributed by atoms with Crippen LogP contribution in [0.4, 0.5) is 28.4 Å². The van der Waals surface area contributed by atoms with Crippen LogP contribution in [0.15, 0.2) is 188 Å². The maximum atomic E-state index is 2.68. The molecule has 9 aromatic carbocycles. The molecule has 13 rings (SSSR count). The lowest BCUT2D eigenvalue weighted by atomic mass is 9.42. The number of benzene rings is 9. The molecular weight excluding hydrogens is 735 g/mol. The first kappa shape index (κ1) is 34.7. The molecule has 2 nitrogen and oxygen atoms in total. The molecule has 3 heterocycles. The maximum absolute atomic E-state index is 2.68. The van der Waals surface area contributed by atoms with Crippen LogP contribution in [0.25, 0.3) is 55.3 Å². The van der Waals surface area contributed by atoms with Gasteiger partial charge in [-0.25, -0.2) is 0 Å². The third kappa shape index (κ3) is 4.64. The Morgan fingerprint density at radius 2 is 1.02 bits per heavy atom. The van der Waals surface area contributed by atoms with E-state index in [1.165, 1.54) is 117 Å². The van der Waals surface area contributed by atoms with Crippen molar-refractivity contribution in [3.05, 3.63) is 210 Å². The Hall–Kier alpha value is -7.10. The van der Waals surface area contributed by atoms with E-state index in [4.69, 9.17) is 0 Å². The van der Waals surface area contributed by atoms with Gasteiger partial charge in [-0.3, -0.25) is 0 Å². The maximum Gasteiger partial charge on any atom is 0.333 e. The zero-order valence-corrected chi connectivity index (χ0v) is 34.9. The zero-order chi connectivity index (χ0) is 40.8. The highest BCUT2D eigenvalue weighted by Gasteiger charge is 2.52. The summed E-state index contributed by atoms with van der Waals surface area (Å²) in [6, 6.07) is 71.0. The van der Waals surface area contributed by atoms with E-state index in [0.717, 1.165) is 0 Å². The topological polar surface area (TPSA) is 6.48 Å². The summed E-state index contributed by atoms with van der Waals surface area (Å²) in [6.07, 6.45) is 0. The second-order valence-corrected chi connectivity index (χ2v) is 18.5. The molecule has 288 valence electrons. The van der Waals surface area contributed by atoms with Crippen molar-refractivity contribution in [3.63, 3.8) is 0 Å². The van der Waals surface area contributed by atoms with E-state index >= 15 is 0 Å². The second kappa shape index (κ2) is 12.2. The SMILES string of the molecule is CC1(C)c2ccccc2-c2c1cc1c3c2-c2cc(-c4ccccc4)ccc2N(c2cccc(-c4ccccc4)c2)B3c2cccc3c2N1c1cc2ccccc2cc1C3(C)C. The Kier molecular flexibility index (Phi) is 6.97. The van der Waals surface area contributed by atoms with Gasteiger partial charge in [0, 0.05) is 39.1 Å². The van der Waals surface area contributed by atoms with Gasteiger partial charge in [0.25, 0.3) is 0 Å². The molecule has 0 bridgehead atoms. The fourth-order valence-electron chi connectivity index (χ4n) is 11.6. The highest BCUT2D eigenvalue weighted by Crippen LogP contribution is 2.60. The van der Waals surface area contributed by atoms with Crippen molar-refractivity contribution < 1.29 is 0 Å². The van der Waals surface area contributed by atoms with Gasteiger partial charge in [-0.1, -0.05) is 173 Å². The molecule has 1 aliphatic carbocycles. The van der Waals surface area contributed by atoms with E-state index in [-0.39, 0.29) is 17.7 Å². The molecule has 0 N–H and O–H groups in total. The smallest absolute Gasteiger partial charge is 0.333 e. The van der Waals surface area contributed by atoms with Crippen LogP contribution in [0.2, 0.25) is 0 Å². The van der Waals surface area contributed by atoms with Gasteiger partial charge >= 0.3 is 6.85 Å². The van der Waals surface area contributed by atoms with Gasteiger partial charge in [0.2, 0.25) is 0 Å². The van der Waals surface area contributed by atoms with Gasteiger partial charge in [0.1, 0.15) is 0 Å². The van der Waals surface area contributed by atoms with Gasteiger partial charge in [-0.05, 0) is 125 Å². The molecule has 0 aromatic heterocycles. The minimum absolute atomic E-state index is 0.0868. The number of para-hydroxylation sites is 1. The molecule has 0 fully saturated rings. The average molecular weight is 779 g/mol. The molecular formula is C58H43BN2. The summed E-state index contributed by atoms with van der Waals surface area (Å²) in [6.45, 7) is 9.64. The molecule has 0 saturated heterocycles. The van der Waals surface area contributed by atoms with Crippen LogP contribution in [0.3, 0.4) is 0 Å². The van der Waals surface area contributed by atoms with Crippen molar-refractivity contribution >= 4 is 57.0 Å². The first-order valence-electron chi connectivity index (χ1n) is 21.7. The zero-order valence-electron chi connectivity index (χ0n) is 34.9. The van der Waals surface area contributed by atoms with Crippen molar-refractivity contribution in [2.75, 3.05) is 9.71 Å². The fourth-order valence-corrected chi connectivity index (χ4v) is 11.6. The molecule has 3 heteroatoms. The van der Waals surface area contributed by atoms with E-state index < -0.39 is 0 Å². The van der Waals surface area contributed by atoms with Crippen LogP contribution in [-0.2, 0) is 10.8 Å². The van der Waals surface area contributed by atoms with E-state index in [2.05, 4.69) is 225 Å². The largest absolute Gasteiger partial charge is 0.376 e. The normalized spacial score (nSPS) is 15.4. The van der Waals surface area contributed by atoms with Crippen molar-refractivity contribution in [1.29, 1.82) is 0 Å². The van der Waals surface area contributed by atoms with Crippen LogP contribution in [0.1, 0.15) is 49.9 Å². The number of hydrogen-bond donors (Lipinski definition) is 0. The summed E-state index contributed by atoms with van der Waals surface area (Å²) in [5, 5.41) is 2.54. The molecule has 0 radical (unpaired) electrons. The van der Waals surface area contributed by atoms with Crippen LogP contribution in [-0.4, -0.2) is 6.85 Å². The highest BCUT2D eigenvalue weighted by atomic mass is 15.2. The second-order valence-electron chi connectivity index (χ2n) is 18.5. The highest BCUT2D eigenvalue weighted by molar-refractivity contribution is 6.94. The lowest BCUT2D eigenvalue weighted by molar-refractivity contribution is 0.633. The molecule has 0 saturated carbocycles. The van der Waals surface area contributed by atoms with Crippen molar-refractivity contribution in [1.82, 2.24) is 0 Å². The van der Waals surface area contributed by atoms with Gasteiger partial charge in [-0.15, -0.1) is 0 Å². The Bertz CT molecular complexity index is 3330. The molecule has 4 aliphatic rings. The Balaban J connectivity index is 1.20. The molecule has 0 spiro atoms. The summed E-state index contributed by atoms with van der Waals surface area (Å²) in [4.78, 5) is 5.35. The van der Waals surface area contributed by atoms with E-state index in [1.54, 1.807) is 0 Å². The third-order valence-corrected chi connectivity index (χ3v) is 14.6. The van der Waals surface area contributed by atoms with Crippen molar-refractivity contribution in [2.45, 2.75) is 38.5 Å². The number of rotatable bonds is 3. The molecule has 0 atom stereocenters. The summed E-state index contributed by atoms with van der Waals surface area (Å²) < 4.78 is 0. The first-order valence-corrected chi connectivity index (χ1v) is 21.7. The lowest BCUT2D eigenvalue weighted by Gasteiger charge is -2.51. The summed E-state index contributed by atoms with van der Waals surface area (Å²) in [5.74, 6) is 0. The van der Waals surface area contributed by atoms with Crippen LogP contribution < -0.4 is 20.6 Å². The van der Waals surface area contributed by atoms with E-state index in [9.17, 15) is 0 Å².